The first-order chi connectivity index (χ1) is 11.8. The third kappa shape index (κ3) is 6.48. The number of hydrogen-bond acceptors (Lipinski definition) is 6. The van der Waals surface area contributed by atoms with Crippen molar-refractivity contribution in [3.63, 3.8) is 0 Å². The molecule has 1 aromatic rings. The van der Waals surface area contributed by atoms with E-state index in [1.54, 1.807) is 0 Å². The van der Waals surface area contributed by atoms with Gasteiger partial charge in [-0.3, -0.25) is 4.57 Å². The minimum absolute atomic E-state index is 0.0398. The molecule has 0 amide bonds. The molecule has 0 saturated heterocycles. The Morgan fingerprint density at radius 3 is 2.00 bits per heavy atom. The fraction of sp³-hybridized carbons (Fsp3) is 0.462. The first kappa shape index (κ1) is 23.3. The Labute approximate surface area is 161 Å². The molecule has 0 aliphatic rings. The molecule has 0 bridgehead atoms. The van der Waals surface area contributed by atoms with Crippen molar-refractivity contribution < 1.29 is 41.1 Å². The molecule has 1 rings (SSSR count). The summed E-state index contributed by atoms with van der Waals surface area (Å²) >= 11 is 16.9. The second kappa shape index (κ2) is 8.99. The Morgan fingerprint density at radius 1 is 1.12 bits per heavy atom. The van der Waals surface area contributed by atoms with E-state index in [-0.39, 0.29) is 5.75 Å². The summed E-state index contributed by atoms with van der Waals surface area (Å²) in [7, 11) is -2.11. The van der Waals surface area contributed by atoms with Gasteiger partial charge in [0.25, 0.3) is 0 Å². The summed E-state index contributed by atoms with van der Waals surface area (Å²) < 4.78 is 66.4. The third-order valence-corrected chi connectivity index (χ3v) is 5.99. The van der Waals surface area contributed by atoms with Crippen molar-refractivity contribution >= 4 is 48.4 Å². The predicted octanol–water partition coefficient (Wildman–Crippen LogP) is 4.81. The highest BCUT2D eigenvalue weighted by Crippen LogP contribution is 2.59. The van der Waals surface area contributed by atoms with Crippen LogP contribution in [0, 0.1) is 0 Å². The van der Waals surface area contributed by atoms with Gasteiger partial charge in [0.05, 0.1) is 5.56 Å². The number of alkyl halides is 6. The Bertz CT molecular complexity index is 655. The topological polar surface area (TPSA) is 71.1 Å². The molecule has 6 nitrogen and oxygen atoms in total. The van der Waals surface area contributed by atoms with Gasteiger partial charge in [-0.05, 0) is 24.3 Å². The average molecular weight is 460 g/mol. The Kier molecular flexibility index (Phi) is 8.07. The molecule has 0 fully saturated rings. The molecule has 148 valence electrons. The van der Waals surface area contributed by atoms with Crippen LogP contribution in [0.25, 0.3) is 0 Å². The van der Waals surface area contributed by atoms with E-state index in [0.717, 1.165) is 38.5 Å². The number of carbonyl (C=O) groups excluding carboxylic acids is 1. The van der Waals surface area contributed by atoms with E-state index in [4.69, 9.17) is 44.3 Å². The van der Waals surface area contributed by atoms with Crippen molar-refractivity contribution in [1.82, 2.24) is 0 Å². The highest BCUT2D eigenvalue weighted by atomic mass is 35.6. The molecule has 1 unspecified atom stereocenters. The molecule has 0 heterocycles. The maximum Gasteiger partial charge on any atom is 0.416 e. The Balaban J connectivity index is 2.76. The van der Waals surface area contributed by atoms with Crippen LogP contribution in [0.3, 0.4) is 0 Å². The van der Waals surface area contributed by atoms with Crippen LogP contribution in [0.5, 0.6) is 5.75 Å². The van der Waals surface area contributed by atoms with Crippen molar-refractivity contribution in [1.29, 1.82) is 0 Å². The van der Waals surface area contributed by atoms with Crippen LogP contribution in [-0.4, -0.2) is 36.4 Å². The van der Waals surface area contributed by atoms with Crippen LogP contribution in [-0.2, 0) is 29.3 Å². The molecule has 0 aromatic heterocycles. The highest BCUT2D eigenvalue weighted by molar-refractivity contribution is 7.55. The quantitative estimate of drug-likeness (QED) is 0.331. The Morgan fingerprint density at radius 2 is 1.62 bits per heavy atom. The Hall–Kier alpha value is -0.700. The van der Waals surface area contributed by atoms with Gasteiger partial charge in [-0.2, -0.15) is 13.2 Å². The van der Waals surface area contributed by atoms with Gasteiger partial charge < -0.3 is 18.5 Å². The van der Waals surface area contributed by atoms with Gasteiger partial charge in [-0.1, -0.05) is 34.8 Å². The monoisotopic (exact) mass is 458 g/mol. The molecule has 0 saturated carbocycles. The SMILES string of the molecule is COP(=O)(OC)C(OC(=O)COc1ccc(C(F)(F)F)cc1)C(Cl)(Cl)Cl. The van der Waals surface area contributed by atoms with E-state index in [0.29, 0.717) is 0 Å². The maximum atomic E-state index is 12.5. The van der Waals surface area contributed by atoms with Crippen molar-refractivity contribution in [3.05, 3.63) is 29.8 Å². The molecule has 0 spiro atoms. The second-order valence-electron chi connectivity index (χ2n) is 4.60. The second-order valence-corrected chi connectivity index (χ2v) is 9.25. The van der Waals surface area contributed by atoms with Gasteiger partial charge in [0.2, 0.25) is 9.64 Å². The smallest absolute Gasteiger partial charge is 0.416 e. The molecule has 0 N–H and O–H groups in total. The summed E-state index contributed by atoms with van der Waals surface area (Å²) in [6.45, 7) is -0.754. The van der Waals surface area contributed by atoms with Gasteiger partial charge >= 0.3 is 19.7 Å². The van der Waals surface area contributed by atoms with Crippen LogP contribution in [0.2, 0.25) is 0 Å². The molecule has 1 aromatic carbocycles. The van der Waals surface area contributed by atoms with E-state index >= 15 is 0 Å². The van der Waals surface area contributed by atoms with Gasteiger partial charge in [-0.25, -0.2) is 4.79 Å². The van der Waals surface area contributed by atoms with Crippen LogP contribution >= 0.6 is 42.4 Å². The normalized spacial score (nSPS) is 14.0. The number of carbonyl (C=O) groups is 1. The van der Waals surface area contributed by atoms with Crippen LogP contribution in [0.15, 0.2) is 24.3 Å². The van der Waals surface area contributed by atoms with Crippen molar-refractivity contribution in [3.8, 4) is 5.75 Å². The number of hydrogen-bond donors (Lipinski definition) is 0. The number of halogens is 6. The van der Waals surface area contributed by atoms with Crippen LogP contribution in [0.1, 0.15) is 5.56 Å². The van der Waals surface area contributed by atoms with E-state index < -0.39 is 41.5 Å². The molecular weight excluding hydrogens is 446 g/mol. The van der Waals surface area contributed by atoms with Crippen LogP contribution < -0.4 is 4.74 Å². The fourth-order valence-corrected chi connectivity index (χ4v) is 3.96. The third-order valence-electron chi connectivity index (χ3n) is 2.86. The van der Waals surface area contributed by atoms with Gasteiger partial charge in [0.1, 0.15) is 5.75 Å². The number of rotatable bonds is 7. The minimum Gasteiger partial charge on any atom is -0.482 e. The molecule has 26 heavy (non-hydrogen) atoms. The summed E-state index contributed by atoms with van der Waals surface area (Å²) in [5.41, 5.74) is -0.884. The zero-order chi connectivity index (χ0) is 20.2. The summed E-state index contributed by atoms with van der Waals surface area (Å²) in [4.78, 5) is 11.8. The first-order valence-electron chi connectivity index (χ1n) is 6.61. The zero-order valence-electron chi connectivity index (χ0n) is 13.3. The lowest BCUT2D eigenvalue weighted by molar-refractivity contribution is -0.148. The zero-order valence-corrected chi connectivity index (χ0v) is 16.4. The average Bonchev–Trinajstić information content (AvgIpc) is 2.55. The maximum absolute atomic E-state index is 12.5. The standard InChI is InChI=1S/C13H13Cl3F3O6P/c1-22-26(21,23-2)11(12(14,15)16)25-10(20)7-24-9-5-3-8(4-6-9)13(17,18)19/h3-6,11H,7H2,1-2H3. The molecule has 13 heteroatoms. The number of esters is 1. The summed E-state index contributed by atoms with van der Waals surface area (Å²) in [5, 5.41) is 0. The largest absolute Gasteiger partial charge is 0.482 e. The van der Waals surface area contributed by atoms with Crippen LogP contribution in [0.4, 0.5) is 13.2 Å². The lowest BCUT2D eigenvalue weighted by Crippen LogP contribution is -2.34. The van der Waals surface area contributed by atoms with Gasteiger partial charge in [0, 0.05) is 14.2 Å². The lowest BCUT2D eigenvalue weighted by Gasteiger charge is -2.28. The lowest BCUT2D eigenvalue weighted by atomic mass is 10.2. The van der Waals surface area contributed by atoms with E-state index in [1.165, 1.54) is 0 Å². The molecule has 1 atom stereocenters. The number of benzene rings is 1. The van der Waals surface area contributed by atoms with Gasteiger partial charge in [-0.15, -0.1) is 0 Å². The van der Waals surface area contributed by atoms with Crippen molar-refractivity contribution in [2.45, 2.75) is 15.8 Å². The van der Waals surface area contributed by atoms with E-state index in [1.807, 2.05) is 0 Å². The summed E-state index contributed by atoms with van der Waals surface area (Å²) in [6, 6.07) is 3.57. The van der Waals surface area contributed by atoms with E-state index in [9.17, 15) is 22.5 Å². The number of ether oxygens (including phenoxy) is 2. The van der Waals surface area contributed by atoms with Gasteiger partial charge in [0.15, 0.2) is 6.61 Å². The highest BCUT2D eigenvalue weighted by Gasteiger charge is 2.51. The molecule has 0 aliphatic heterocycles. The molecule has 0 radical (unpaired) electrons. The predicted molar refractivity (Wildman–Crippen MR) is 88.7 cm³/mol. The molecular formula is C13H13Cl3F3O6P. The minimum atomic E-state index is -4.50. The summed E-state index contributed by atoms with van der Waals surface area (Å²) in [5.74, 6) is -3.05. The van der Waals surface area contributed by atoms with Crippen molar-refractivity contribution in [2.75, 3.05) is 20.8 Å². The fourth-order valence-electron chi connectivity index (χ4n) is 1.62. The van der Waals surface area contributed by atoms with Crippen molar-refractivity contribution in [2.24, 2.45) is 0 Å². The summed E-state index contributed by atoms with van der Waals surface area (Å²) in [6.07, 6.45) is -4.50. The van der Waals surface area contributed by atoms with E-state index in [2.05, 4.69) is 9.05 Å². The molecule has 0 aliphatic carbocycles. The first-order valence-corrected chi connectivity index (χ1v) is 9.35.